The van der Waals surface area contributed by atoms with E-state index in [1.54, 1.807) is 54.7 Å². The number of fused-ring (bicyclic) bond motifs is 1. The summed E-state index contributed by atoms with van der Waals surface area (Å²) in [4.78, 5) is 30.7. The maximum atomic E-state index is 13.4. The number of pyridine rings is 1. The molecule has 0 aliphatic heterocycles. The third-order valence-electron chi connectivity index (χ3n) is 4.81. The molecule has 2 heterocycles. The van der Waals surface area contributed by atoms with Crippen LogP contribution >= 0.6 is 31.9 Å². The molecule has 9 heteroatoms. The molecule has 0 fully saturated rings. The third kappa shape index (κ3) is 5.09. The van der Waals surface area contributed by atoms with E-state index in [9.17, 15) is 14.9 Å². The van der Waals surface area contributed by atoms with Gasteiger partial charge in [-0.2, -0.15) is 10.2 Å². The minimum Gasteiger partial charge on any atom is -0.438 e. The van der Waals surface area contributed by atoms with Crippen molar-refractivity contribution in [3.63, 3.8) is 0 Å². The summed E-state index contributed by atoms with van der Waals surface area (Å²) in [6.07, 6.45) is 2.78. The van der Waals surface area contributed by atoms with Crippen LogP contribution in [0.2, 0.25) is 0 Å². The molecule has 0 radical (unpaired) electrons. The normalized spacial score (nSPS) is 11.2. The van der Waals surface area contributed by atoms with Gasteiger partial charge in [0.05, 0.1) is 0 Å². The average molecular weight is 580 g/mol. The maximum Gasteiger partial charge on any atom is 0.269 e. The van der Waals surface area contributed by atoms with E-state index in [2.05, 4.69) is 42.2 Å². The molecule has 4 aromatic rings. The molecule has 1 amide bonds. The van der Waals surface area contributed by atoms with E-state index < -0.39 is 11.5 Å². The maximum absolute atomic E-state index is 13.4. The summed E-state index contributed by atoms with van der Waals surface area (Å²) in [5.41, 5.74) is 0.913. The van der Waals surface area contributed by atoms with E-state index >= 15 is 0 Å². The van der Waals surface area contributed by atoms with Crippen LogP contribution in [0.4, 0.5) is 5.69 Å². The van der Waals surface area contributed by atoms with E-state index in [4.69, 9.17) is 4.74 Å². The number of carbonyl (C=O) groups is 1. The average Bonchev–Trinajstić information content (AvgIpc) is 2.81. The Morgan fingerprint density at radius 3 is 2.59 bits per heavy atom. The van der Waals surface area contributed by atoms with Gasteiger partial charge in [-0.3, -0.25) is 14.0 Å². The number of halogens is 2. The fourth-order valence-corrected chi connectivity index (χ4v) is 3.83. The lowest BCUT2D eigenvalue weighted by Crippen LogP contribution is -2.20. The summed E-state index contributed by atoms with van der Waals surface area (Å²) in [6, 6.07) is 19.4. The molecule has 2 aromatic carbocycles. The molecule has 0 saturated heterocycles. The Kier molecular flexibility index (Phi) is 6.91. The summed E-state index contributed by atoms with van der Waals surface area (Å²) < 4.78 is 8.92. The monoisotopic (exact) mass is 578 g/mol. The van der Waals surface area contributed by atoms with Crippen LogP contribution in [-0.2, 0) is 4.79 Å². The van der Waals surface area contributed by atoms with Gasteiger partial charge in [-0.05, 0) is 67.1 Å². The molecule has 0 unspecified atom stereocenters. The van der Waals surface area contributed by atoms with Gasteiger partial charge in [-0.25, -0.2) is 0 Å². The summed E-state index contributed by atoms with van der Waals surface area (Å²) in [5.74, 6) is -0.228. The zero-order valence-corrected chi connectivity index (χ0v) is 20.9. The predicted molar refractivity (Wildman–Crippen MR) is 137 cm³/mol. The number of amides is 1. The number of carbonyl (C=O) groups excluding carboxylic acids is 1. The fraction of sp³-hybridized carbons (Fsp3) is 0.0400. The Morgan fingerprint density at radius 1 is 1.12 bits per heavy atom. The Morgan fingerprint density at radius 2 is 1.88 bits per heavy atom. The molecule has 7 nitrogen and oxygen atoms in total. The second-order valence-corrected chi connectivity index (χ2v) is 9.04. The highest BCUT2D eigenvalue weighted by molar-refractivity contribution is 9.10. The van der Waals surface area contributed by atoms with Gasteiger partial charge >= 0.3 is 0 Å². The molecule has 34 heavy (non-hydrogen) atoms. The van der Waals surface area contributed by atoms with Gasteiger partial charge < -0.3 is 10.1 Å². The second kappa shape index (κ2) is 10.0. The topological polar surface area (TPSA) is 96.5 Å². The Balaban J connectivity index is 1.83. The van der Waals surface area contributed by atoms with Gasteiger partial charge in [-0.1, -0.05) is 44.0 Å². The van der Waals surface area contributed by atoms with Crippen molar-refractivity contribution in [3.8, 4) is 17.7 Å². The number of nitriles is 1. The smallest absolute Gasteiger partial charge is 0.269 e. The first-order valence-electron chi connectivity index (χ1n) is 10.00. The number of anilines is 1. The van der Waals surface area contributed by atoms with Crippen molar-refractivity contribution in [2.24, 2.45) is 0 Å². The summed E-state index contributed by atoms with van der Waals surface area (Å²) >= 11 is 6.71. The minimum atomic E-state index is -0.663. The van der Waals surface area contributed by atoms with Gasteiger partial charge in [-0.15, -0.1) is 0 Å². The Bertz CT molecular complexity index is 1540. The largest absolute Gasteiger partial charge is 0.438 e. The standard InChI is InChI=1S/C25H16Br2N4O3/c1-15-4-3-11-31-22(15)30-24(34-20-9-7-17(26)8-10-20)21(25(31)33)12-16(14-28)23(32)29-19-6-2-5-18(27)13-19/h2-13H,1H3,(H,29,32)/b16-12-. The molecular weight excluding hydrogens is 564 g/mol. The first-order chi connectivity index (χ1) is 16.4. The van der Waals surface area contributed by atoms with Crippen LogP contribution in [0.3, 0.4) is 0 Å². The Labute approximate surface area is 211 Å². The summed E-state index contributed by atoms with van der Waals surface area (Å²) in [7, 11) is 0. The number of nitrogens with one attached hydrogen (secondary N) is 1. The third-order valence-corrected chi connectivity index (χ3v) is 5.84. The zero-order chi connectivity index (χ0) is 24.2. The minimum absolute atomic E-state index is 0.00960. The molecule has 0 bridgehead atoms. The van der Waals surface area contributed by atoms with Crippen molar-refractivity contribution in [2.75, 3.05) is 5.32 Å². The molecule has 0 aliphatic carbocycles. The van der Waals surface area contributed by atoms with Crippen molar-refractivity contribution in [3.05, 3.63) is 103 Å². The lowest BCUT2D eigenvalue weighted by atomic mass is 10.1. The van der Waals surface area contributed by atoms with Gasteiger partial charge in [0.15, 0.2) is 0 Å². The lowest BCUT2D eigenvalue weighted by molar-refractivity contribution is -0.112. The molecule has 0 aliphatic rings. The number of aromatic nitrogens is 2. The van der Waals surface area contributed by atoms with Crippen LogP contribution in [-0.4, -0.2) is 15.3 Å². The Hall–Kier alpha value is -3.74. The van der Waals surface area contributed by atoms with E-state index in [1.807, 2.05) is 25.1 Å². The number of aryl methyl sites for hydroxylation is 1. The second-order valence-electron chi connectivity index (χ2n) is 7.21. The molecule has 4 rings (SSSR count). The lowest BCUT2D eigenvalue weighted by Gasteiger charge is -2.12. The first kappa shape index (κ1) is 23.4. The van der Waals surface area contributed by atoms with Crippen LogP contribution in [0, 0.1) is 18.3 Å². The van der Waals surface area contributed by atoms with Crippen LogP contribution in [0.1, 0.15) is 11.1 Å². The molecule has 0 atom stereocenters. The number of nitrogens with zero attached hydrogens (tertiary/aromatic N) is 3. The van der Waals surface area contributed by atoms with Crippen LogP contribution in [0.25, 0.3) is 11.7 Å². The number of rotatable bonds is 5. The fourth-order valence-electron chi connectivity index (χ4n) is 3.17. The summed E-state index contributed by atoms with van der Waals surface area (Å²) in [6.45, 7) is 1.83. The molecule has 168 valence electrons. The van der Waals surface area contributed by atoms with Crippen LogP contribution in [0.15, 0.2) is 86.2 Å². The van der Waals surface area contributed by atoms with Crippen LogP contribution < -0.4 is 15.6 Å². The predicted octanol–water partition coefficient (Wildman–Crippen LogP) is 5.87. The molecule has 1 N–H and O–H groups in total. The van der Waals surface area contributed by atoms with E-state index in [1.165, 1.54) is 10.5 Å². The molecule has 0 spiro atoms. The SMILES string of the molecule is Cc1cccn2c(=O)c(/C=C(/C#N)C(=O)Nc3cccc(Br)c3)c(Oc3ccc(Br)cc3)nc12. The van der Waals surface area contributed by atoms with Crippen LogP contribution in [0.5, 0.6) is 11.6 Å². The number of hydrogen-bond acceptors (Lipinski definition) is 5. The van der Waals surface area contributed by atoms with Gasteiger partial charge in [0, 0.05) is 20.8 Å². The number of ether oxygens (including phenoxy) is 1. The van der Waals surface area contributed by atoms with Crippen molar-refractivity contribution >= 4 is 55.2 Å². The molecular formula is C25H16Br2N4O3. The van der Waals surface area contributed by atoms with Crippen molar-refractivity contribution in [1.29, 1.82) is 5.26 Å². The van der Waals surface area contributed by atoms with Gasteiger partial charge in [0.2, 0.25) is 5.88 Å². The number of hydrogen-bond donors (Lipinski definition) is 1. The zero-order valence-electron chi connectivity index (χ0n) is 17.8. The van der Waals surface area contributed by atoms with Crippen molar-refractivity contribution in [2.45, 2.75) is 6.92 Å². The molecule has 0 saturated carbocycles. The quantitative estimate of drug-likeness (QED) is 0.236. The molecule has 2 aromatic heterocycles. The van der Waals surface area contributed by atoms with E-state index in [0.717, 1.165) is 14.5 Å². The van der Waals surface area contributed by atoms with Gasteiger partial charge in [0.1, 0.15) is 28.6 Å². The van der Waals surface area contributed by atoms with Crippen molar-refractivity contribution < 1.29 is 9.53 Å². The highest BCUT2D eigenvalue weighted by Gasteiger charge is 2.18. The highest BCUT2D eigenvalue weighted by atomic mass is 79.9. The number of benzene rings is 2. The first-order valence-corrected chi connectivity index (χ1v) is 11.6. The van der Waals surface area contributed by atoms with Gasteiger partial charge in [0.25, 0.3) is 11.5 Å². The van der Waals surface area contributed by atoms with E-state index in [-0.39, 0.29) is 17.0 Å². The summed E-state index contributed by atoms with van der Waals surface area (Å²) in [5, 5.41) is 12.3. The van der Waals surface area contributed by atoms with Crippen molar-refractivity contribution in [1.82, 2.24) is 9.38 Å². The highest BCUT2D eigenvalue weighted by Crippen LogP contribution is 2.26. The van der Waals surface area contributed by atoms with E-state index in [0.29, 0.717) is 17.1 Å².